The number of unbranched alkanes of at least 4 members (excludes halogenated alkanes) is 27. The molecule has 1 aliphatic rings. The molecule has 360 valence electrons. The molecule has 0 amide bonds. The van der Waals surface area contributed by atoms with E-state index in [1.165, 1.54) is 213 Å². The second-order valence-corrected chi connectivity index (χ2v) is 20.4. The van der Waals surface area contributed by atoms with Crippen LogP contribution in [0.5, 0.6) is 0 Å². The molecule has 3 rings (SSSR count). The first kappa shape index (κ1) is 56.9. The predicted octanol–water partition coefficient (Wildman–Crippen LogP) is 21.0. The van der Waals surface area contributed by atoms with E-state index in [-0.39, 0.29) is 0 Å². The van der Waals surface area contributed by atoms with Gasteiger partial charge in [-0.1, -0.05) is 231 Å². The number of rotatable bonds is 39. The van der Waals surface area contributed by atoms with E-state index in [4.69, 9.17) is 0 Å². The molecular weight excluding hydrogens is 807 g/mol. The average Bonchev–Trinajstić information content (AvgIpc) is 3.58. The van der Waals surface area contributed by atoms with Crippen LogP contribution in [0, 0.1) is 0 Å². The SMILES string of the molecule is CCCCCCCCCCCCCCCCCCCCCCCCCCC=CC1=C(c2cccc(CCCC)c2)[N+](=[N-])C(c2cccc(CCCC)c2)=C1CCCC.C[CH2][Ni][CH2]C. The van der Waals surface area contributed by atoms with Crippen molar-refractivity contribution in [2.45, 2.75) is 271 Å². The molecule has 2 aromatic rings. The summed E-state index contributed by atoms with van der Waals surface area (Å²) in [7, 11) is 0. The zero-order chi connectivity index (χ0) is 45.4. The van der Waals surface area contributed by atoms with E-state index in [9.17, 15) is 5.53 Å². The molecule has 0 saturated carbocycles. The van der Waals surface area contributed by atoms with Crippen LogP contribution in [0.1, 0.15) is 269 Å². The maximum absolute atomic E-state index is 12.1. The minimum absolute atomic E-state index is 0.953. The van der Waals surface area contributed by atoms with E-state index in [2.05, 4.69) is 102 Å². The molecule has 0 radical (unpaired) electrons. The Kier molecular flexibility index (Phi) is 36.2. The topological polar surface area (TPSA) is 25.3 Å². The molecule has 1 aliphatic heterocycles. The first-order chi connectivity index (χ1) is 31.1. The fourth-order valence-electron chi connectivity index (χ4n) is 9.08. The second kappa shape index (κ2) is 40.1. The summed E-state index contributed by atoms with van der Waals surface area (Å²) >= 11 is 1.82. The fourth-order valence-corrected chi connectivity index (χ4v) is 9.57. The Hall–Kier alpha value is -2.25. The van der Waals surface area contributed by atoms with E-state index in [0.29, 0.717) is 0 Å². The van der Waals surface area contributed by atoms with Crippen molar-refractivity contribution in [3.8, 4) is 0 Å². The van der Waals surface area contributed by atoms with Crippen molar-refractivity contribution in [3.63, 3.8) is 0 Å². The molecule has 0 bridgehead atoms. The first-order valence-corrected chi connectivity index (χ1v) is 28.7. The van der Waals surface area contributed by atoms with Crippen LogP contribution in [-0.4, -0.2) is 4.70 Å². The number of aryl methyl sites for hydroxylation is 2. The first-order valence-electron chi connectivity index (χ1n) is 27.3. The summed E-state index contributed by atoms with van der Waals surface area (Å²) in [6.45, 7) is 13.5. The third-order valence-corrected chi connectivity index (χ3v) is 13.9. The number of hydrogen-bond donors (Lipinski definition) is 0. The maximum atomic E-state index is 12.1. The van der Waals surface area contributed by atoms with Crippen LogP contribution in [0.3, 0.4) is 0 Å². The van der Waals surface area contributed by atoms with Crippen molar-refractivity contribution in [2.24, 2.45) is 0 Å². The Labute approximate surface area is 398 Å². The molecule has 0 aliphatic carbocycles. The van der Waals surface area contributed by atoms with Gasteiger partial charge < -0.3 is 5.53 Å². The van der Waals surface area contributed by atoms with E-state index >= 15 is 0 Å². The fraction of sp³-hybridized carbons (Fsp3) is 0.700. The average molecular weight is 908 g/mol. The third kappa shape index (κ3) is 25.9. The van der Waals surface area contributed by atoms with Gasteiger partial charge in [-0.2, -0.15) is 0 Å². The molecule has 2 nitrogen and oxygen atoms in total. The molecule has 1 heterocycles. The molecule has 0 spiro atoms. The summed E-state index contributed by atoms with van der Waals surface area (Å²) in [4.78, 5) is 0. The molecule has 2 aromatic carbocycles. The predicted molar refractivity (Wildman–Crippen MR) is 278 cm³/mol. The second-order valence-electron chi connectivity index (χ2n) is 18.5. The van der Waals surface area contributed by atoms with Crippen molar-refractivity contribution in [1.29, 1.82) is 0 Å². The molecule has 0 saturated heterocycles. The molecule has 0 fully saturated rings. The Bertz CT molecular complexity index is 1510. The van der Waals surface area contributed by atoms with Gasteiger partial charge in [0.05, 0.1) is 5.57 Å². The number of benzene rings is 2. The van der Waals surface area contributed by atoms with Gasteiger partial charge in [0.25, 0.3) is 0 Å². The Morgan fingerprint density at radius 2 is 0.794 bits per heavy atom. The van der Waals surface area contributed by atoms with Crippen LogP contribution in [0.2, 0.25) is 10.8 Å². The Morgan fingerprint density at radius 1 is 0.429 bits per heavy atom. The van der Waals surface area contributed by atoms with Crippen LogP contribution >= 0.6 is 0 Å². The minimum atomic E-state index is 0.953. The van der Waals surface area contributed by atoms with Crippen molar-refractivity contribution in [2.75, 3.05) is 0 Å². The normalized spacial score (nSPS) is 13.0. The summed E-state index contributed by atoms with van der Waals surface area (Å²) in [5, 5.41) is 2.56. The summed E-state index contributed by atoms with van der Waals surface area (Å²) in [5.74, 6) is 0. The standard InChI is InChI=1S/C56H90N2.2C2H5.Ni/c1-5-9-13-14-15-16-17-18-19-20-21-22-23-24-25-26-27-28-29-30-31-32-33-34-35-36-46-54-53(45-12-8-4)55(51-43-37-41-49(47-51)39-10-6-2)58(57)56(54)52-44-38-42-50(48-52)40-11-7-3;2*1-2;/h36-38,41-44,46-48H,5-35,39-40,45H2,1-4H3;2*1H2,2H3;. The van der Waals surface area contributed by atoms with Gasteiger partial charge in [-0.25, -0.2) is 4.70 Å². The van der Waals surface area contributed by atoms with Gasteiger partial charge in [-0.3, -0.25) is 0 Å². The van der Waals surface area contributed by atoms with Gasteiger partial charge in [-0.15, -0.1) is 0 Å². The molecule has 3 heteroatoms. The monoisotopic (exact) mass is 907 g/mol. The molecular formula is C60H100N2Ni. The van der Waals surface area contributed by atoms with Crippen molar-refractivity contribution in [3.05, 3.63) is 99.6 Å². The number of nitrogens with zero attached hydrogens (tertiary/aromatic N) is 2. The van der Waals surface area contributed by atoms with E-state index in [0.717, 1.165) is 61.0 Å². The van der Waals surface area contributed by atoms with Crippen LogP contribution in [0.25, 0.3) is 16.9 Å². The summed E-state index contributed by atoms with van der Waals surface area (Å²) in [6, 6.07) is 17.9. The molecule has 0 unspecified atom stereocenters. The summed E-state index contributed by atoms with van der Waals surface area (Å²) in [6.07, 6.45) is 50.3. The van der Waals surface area contributed by atoms with Crippen molar-refractivity contribution >= 4 is 11.4 Å². The Balaban J connectivity index is 0.00000257. The molecule has 0 N–H and O–H groups in total. The number of allylic oxidation sites excluding steroid dienone is 4. The number of hydrogen-bond acceptors (Lipinski definition) is 0. The van der Waals surface area contributed by atoms with Gasteiger partial charge >= 0.3 is 39.1 Å². The van der Waals surface area contributed by atoms with Crippen LogP contribution in [0.4, 0.5) is 0 Å². The molecule has 0 atom stereocenters. The third-order valence-electron chi connectivity index (χ3n) is 12.9. The molecule has 63 heavy (non-hydrogen) atoms. The van der Waals surface area contributed by atoms with Gasteiger partial charge in [0, 0.05) is 16.7 Å². The van der Waals surface area contributed by atoms with E-state index in [1.807, 2.05) is 14.4 Å². The van der Waals surface area contributed by atoms with E-state index in [1.54, 1.807) is 4.70 Å². The Morgan fingerprint density at radius 3 is 1.17 bits per heavy atom. The van der Waals surface area contributed by atoms with Crippen molar-refractivity contribution in [1.82, 2.24) is 0 Å². The summed E-state index contributed by atoms with van der Waals surface area (Å²) < 4.78 is 1.54. The van der Waals surface area contributed by atoms with Crippen LogP contribution < -0.4 is 0 Å². The van der Waals surface area contributed by atoms with Crippen LogP contribution in [-0.2, 0) is 27.3 Å². The van der Waals surface area contributed by atoms with E-state index < -0.39 is 0 Å². The van der Waals surface area contributed by atoms with Gasteiger partial charge in [-0.05, 0) is 86.8 Å². The molecule has 0 aromatic heterocycles. The van der Waals surface area contributed by atoms with Crippen LogP contribution in [0.15, 0.2) is 71.8 Å². The van der Waals surface area contributed by atoms with Crippen molar-refractivity contribution < 1.29 is 19.1 Å². The van der Waals surface area contributed by atoms with Gasteiger partial charge in [0.15, 0.2) is 0 Å². The van der Waals surface area contributed by atoms with Gasteiger partial charge in [0.2, 0.25) is 11.4 Å². The quantitative estimate of drug-likeness (QED) is 0.0363. The zero-order valence-corrected chi connectivity index (χ0v) is 43.4. The zero-order valence-electron chi connectivity index (χ0n) is 42.4. The summed E-state index contributed by atoms with van der Waals surface area (Å²) in [5.41, 5.74) is 21.5. The van der Waals surface area contributed by atoms with Gasteiger partial charge in [0.1, 0.15) is 0 Å².